The summed E-state index contributed by atoms with van der Waals surface area (Å²) in [5.41, 5.74) is -1.97. The molecule has 0 aromatic heterocycles. The summed E-state index contributed by atoms with van der Waals surface area (Å²) in [7, 11) is 0. The molecule has 1 heterocycles. The Morgan fingerprint density at radius 3 is 2.00 bits per heavy atom. The third kappa shape index (κ3) is 4.12. The van der Waals surface area contributed by atoms with Crippen LogP contribution in [0.5, 0.6) is 0 Å². The van der Waals surface area contributed by atoms with Gasteiger partial charge in [-0.25, -0.2) is 9.59 Å². The monoisotopic (exact) mass is 315 g/mol. The number of hydrogen-bond donors (Lipinski definition) is 1. The molecule has 0 spiro atoms. The first kappa shape index (κ1) is 18.7. The molecule has 0 saturated carbocycles. The predicted molar refractivity (Wildman–Crippen MR) is 82.8 cm³/mol. The van der Waals surface area contributed by atoms with Gasteiger partial charge in [0, 0.05) is 18.9 Å². The number of carbonyl (C=O) groups is 2. The smallest absolute Gasteiger partial charge is 0.411 e. The molecule has 1 aliphatic heterocycles. The lowest BCUT2D eigenvalue weighted by molar-refractivity contribution is -0.170. The molecule has 2 unspecified atom stereocenters. The van der Waals surface area contributed by atoms with Crippen LogP contribution >= 0.6 is 0 Å². The van der Waals surface area contributed by atoms with E-state index < -0.39 is 23.2 Å². The van der Waals surface area contributed by atoms with E-state index >= 15 is 0 Å². The van der Waals surface area contributed by atoms with Crippen LogP contribution in [0.25, 0.3) is 0 Å². The Balaban J connectivity index is 3.23. The van der Waals surface area contributed by atoms with Crippen LogP contribution in [0.2, 0.25) is 0 Å². The van der Waals surface area contributed by atoms with E-state index in [-0.39, 0.29) is 31.1 Å². The Hall–Kier alpha value is -1.30. The van der Waals surface area contributed by atoms with Crippen LogP contribution in [-0.4, -0.2) is 51.5 Å². The first-order chi connectivity index (χ1) is 9.89. The van der Waals surface area contributed by atoms with Crippen LogP contribution in [-0.2, 0) is 14.3 Å². The van der Waals surface area contributed by atoms with Crippen molar-refractivity contribution in [2.24, 2.45) is 0 Å². The quantitative estimate of drug-likeness (QED) is 0.866. The van der Waals surface area contributed by atoms with E-state index in [0.717, 1.165) is 0 Å². The summed E-state index contributed by atoms with van der Waals surface area (Å²) in [6.45, 7) is 12.6. The van der Waals surface area contributed by atoms with Crippen LogP contribution in [0.4, 0.5) is 4.79 Å². The van der Waals surface area contributed by atoms with Gasteiger partial charge in [0.25, 0.3) is 0 Å². The number of hydrogen-bond acceptors (Lipinski definition) is 4. The second-order valence-corrected chi connectivity index (χ2v) is 7.45. The molecule has 0 bridgehead atoms. The van der Waals surface area contributed by atoms with Crippen molar-refractivity contribution in [3.63, 3.8) is 0 Å². The summed E-state index contributed by atoms with van der Waals surface area (Å²) in [4.78, 5) is 26.1. The van der Waals surface area contributed by atoms with Gasteiger partial charge in [-0.2, -0.15) is 0 Å². The number of ether oxygens (including phenoxy) is 2. The summed E-state index contributed by atoms with van der Waals surface area (Å²) >= 11 is 0. The summed E-state index contributed by atoms with van der Waals surface area (Å²) in [5, 5.41) is 9.89. The topological polar surface area (TPSA) is 76.1 Å². The van der Waals surface area contributed by atoms with Crippen LogP contribution in [0.3, 0.4) is 0 Å². The molecule has 1 saturated heterocycles. The minimum atomic E-state index is -1.30. The number of amides is 1. The summed E-state index contributed by atoms with van der Waals surface area (Å²) in [6.07, 6.45) is -0.549. The molecular weight excluding hydrogens is 286 g/mol. The van der Waals surface area contributed by atoms with E-state index in [1.807, 2.05) is 13.8 Å². The number of carbonyl (C=O) groups excluding carboxylic acids is 1. The van der Waals surface area contributed by atoms with Crippen molar-refractivity contribution in [3.8, 4) is 0 Å². The second kappa shape index (κ2) is 6.44. The highest BCUT2D eigenvalue weighted by molar-refractivity contribution is 5.85. The third-order valence-corrected chi connectivity index (χ3v) is 3.68. The molecule has 1 N–H and O–H groups in total. The van der Waals surface area contributed by atoms with E-state index in [2.05, 4.69) is 0 Å². The zero-order valence-corrected chi connectivity index (χ0v) is 14.7. The summed E-state index contributed by atoms with van der Waals surface area (Å²) in [6, 6.07) is -0.288. The van der Waals surface area contributed by atoms with Gasteiger partial charge in [-0.3, -0.25) is 4.90 Å². The Bertz CT molecular complexity index is 417. The van der Waals surface area contributed by atoms with Crippen molar-refractivity contribution < 1.29 is 24.2 Å². The van der Waals surface area contributed by atoms with Crippen LogP contribution in [0.15, 0.2) is 0 Å². The molecule has 2 atom stereocenters. The highest BCUT2D eigenvalue weighted by atomic mass is 16.6. The minimum Gasteiger partial charge on any atom is -0.479 e. The number of carboxylic acids is 1. The van der Waals surface area contributed by atoms with Crippen molar-refractivity contribution in [1.82, 2.24) is 4.90 Å². The van der Waals surface area contributed by atoms with Gasteiger partial charge in [-0.05, 0) is 48.5 Å². The van der Waals surface area contributed by atoms with E-state index in [1.54, 1.807) is 34.6 Å². The maximum atomic E-state index is 12.6. The fourth-order valence-electron chi connectivity index (χ4n) is 3.19. The zero-order valence-electron chi connectivity index (χ0n) is 14.7. The lowest BCUT2D eigenvalue weighted by atomic mass is 9.82. The molecule has 0 aromatic rings. The normalized spacial score (nSPS) is 29.3. The van der Waals surface area contributed by atoms with Gasteiger partial charge in [0.05, 0.1) is 12.2 Å². The molecule has 0 radical (unpaired) electrons. The molecular formula is C16H29NO5. The first-order valence-corrected chi connectivity index (χ1v) is 7.80. The van der Waals surface area contributed by atoms with Gasteiger partial charge < -0.3 is 14.6 Å². The third-order valence-electron chi connectivity index (χ3n) is 3.68. The highest BCUT2D eigenvalue weighted by Gasteiger charge is 2.53. The fourth-order valence-corrected chi connectivity index (χ4v) is 3.19. The first-order valence-electron chi connectivity index (χ1n) is 7.80. The van der Waals surface area contributed by atoms with Gasteiger partial charge in [0.15, 0.2) is 0 Å². The number of rotatable bonds is 3. The van der Waals surface area contributed by atoms with Gasteiger partial charge in [0.2, 0.25) is 0 Å². The Morgan fingerprint density at radius 2 is 1.68 bits per heavy atom. The van der Waals surface area contributed by atoms with E-state index in [1.165, 1.54) is 4.90 Å². The van der Waals surface area contributed by atoms with E-state index in [4.69, 9.17) is 9.47 Å². The standard InChI is InChI=1S/C16H29NO5/c1-10(2)17(14(20)22-15(5,6)7)16(13(18)19)8-11(3)21-12(4)9-16/h10-12H,8-9H2,1-7H3,(H,18,19). The average molecular weight is 315 g/mol. The fraction of sp³-hybridized carbons (Fsp3) is 0.875. The second-order valence-electron chi connectivity index (χ2n) is 7.45. The van der Waals surface area contributed by atoms with E-state index in [9.17, 15) is 14.7 Å². The van der Waals surface area contributed by atoms with Gasteiger partial charge >= 0.3 is 12.1 Å². The van der Waals surface area contributed by atoms with Crippen molar-refractivity contribution in [2.75, 3.05) is 0 Å². The maximum Gasteiger partial charge on any atom is 0.411 e. The van der Waals surface area contributed by atoms with Crippen molar-refractivity contribution in [3.05, 3.63) is 0 Å². The molecule has 6 nitrogen and oxygen atoms in total. The van der Waals surface area contributed by atoms with Crippen molar-refractivity contribution >= 4 is 12.1 Å². The van der Waals surface area contributed by atoms with Gasteiger partial charge in [-0.1, -0.05) is 0 Å². The number of carboxylic acid groups (broad SMARTS) is 1. The molecule has 1 rings (SSSR count). The predicted octanol–water partition coefficient (Wildman–Crippen LogP) is 3.04. The largest absolute Gasteiger partial charge is 0.479 e. The molecule has 22 heavy (non-hydrogen) atoms. The van der Waals surface area contributed by atoms with E-state index in [0.29, 0.717) is 0 Å². The molecule has 1 fully saturated rings. The lowest BCUT2D eigenvalue weighted by Gasteiger charge is -2.48. The summed E-state index contributed by atoms with van der Waals surface area (Å²) < 4.78 is 11.1. The molecule has 1 amide bonds. The zero-order chi connectivity index (χ0) is 17.3. The Kier molecular flexibility index (Phi) is 5.49. The van der Waals surface area contributed by atoms with Gasteiger partial charge in [0.1, 0.15) is 11.1 Å². The lowest BCUT2D eigenvalue weighted by Crippen LogP contribution is -2.64. The molecule has 0 aliphatic carbocycles. The molecule has 0 aromatic carbocycles. The average Bonchev–Trinajstić information content (AvgIpc) is 2.23. The van der Waals surface area contributed by atoms with Gasteiger partial charge in [-0.15, -0.1) is 0 Å². The molecule has 128 valence electrons. The Labute approximate surface area is 132 Å². The maximum absolute atomic E-state index is 12.6. The van der Waals surface area contributed by atoms with Crippen LogP contribution in [0, 0.1) is 0 Å². The SMILES string of the molecule is CC1CC(C(=O)O)(N(C(=O)OC(C)(C)C)C(C)C)CC(C)O1. The molecule has 1 aliphatic rings. The summed E-state index contributed by atoms with van der Waals surface area (Å²) in [5.74, 6) is -1.01. The Morgan fingerprint density at radius 1 is 1.23 bits per heavy atom. The van der Waals surface area contributed by atoms with Crippen LogP contribution < -0.4 is 0 Å². The minimum absolute atomic E-state index is 0.233. The number of aliphatic carboxylic acids is 1. The van der Waals surface area contributed by atoms with Crippen molar-refractivity contribution in [1.29, 1.82) is 0 Å². The number of nitrogens with zero attached hydrogens (tertiary/aromatic N) is 1. The van der Waals surface area contributed by atoms with Crippen molar-refractivity contribution in [2.45, 2.75) is 90.7 Å². The molecule has 6 heteroatoms. The van der Waals surface area contributed by atoms with Crippen LogP contribution in [0.1, 0.15) is 61.3 Å². The highest BCUT2D eigenvalue weighted by Crippen LogP contribution is 2.37.